The molecule has 0 radical (unpaired) electrons. The lowest BCUT2D eigenvalue weighted by molar-refractivity contribution is 0.343. The number of rotatable bonds is 3. The first-order valence-electron chi connectivity index (χ1n) is 5.98. The molecule has 88 valence electrons. The van der Waals surface area contributed by atoms with E-state index in [-0.39, 0.29) is 0 Å². The Labute approximate surface area is 102 Å². The molecule has 0 amide bonds. The summed E-state index contributed by atoms with van der Waals surface area (Å²) in [5.74, 6) is 0.764. The summed E-state index contributed by atoms with van der Waals surface area (Å²) < 4.78 is 0. The summed E-state index contributed by atoms with van der Waals surface area (Å²) in [5.41, 5.74) is 1.12. The van der Waals surface area contributed by atoms with E-state index < -0.39 is 0 Å². The molecule has 1 aliphatic rings. The molecule has 0 aromatic heterocycles. The van der Waals surface area contributed by atoms with Gasteiger partial charge in [0.25, 0.3) is 0 Å². The Morgan fingerprint density at radius 1 is 1.38 bits per heavy atom. The molecule has 16 heavy (non-hydrogen) atoms. The molecular formula is C13H19ClN2. The summed E-state index contributed by atoms with van der Waals surface area (Å²) in [4.78, 5) is 0. The summed E-state index contributed by atoms with van der Waals surface area (Å²) in [6.07, 6.45) is 2.52. The highest BCUT2D eigenvalue weighted by atomic mass is 35.5. The highest BCUT2D eigenvalue weighted by Gasteiger charge is 2.19. The van der Waals surface area contributed by atoms with Gasteiger partial charge in [-0.2, -0.15) is 0 Å². The van der Waals surface area contributed by atoms with Gasteiger partial charge in [-0.25, -0.2) is 0 Å². The third kappa shape index (κ3) is 3.13. The second-order valence-electron chi connectivity index (χ2n) is 4.53. The molecule has 1 saturated heterocycles. The zero-order valence-electron chi connectivity index (χ0n) is 9.67. The first-order valence-corrected chi connectivity index (χ1v) is 6.36. The van der Waals surface area contributed by atoms with E-state index >= 15 is 0 Å². The summed E-state index contributed by atoms with van der Waals surface area (Å²) in [6, 6.07) is 8.46. The SMILES string of the molecule is CC(Nc1cccc(Cl)c1)C1CCNCC1. The van der Waals surface area contributed by atoms with Crippen LogP contribution in [0.3, 0.4) is 0 Å². The number of anilines is 1. The van der Waals surface area contributed by atoms with Crippen LogP contribution < -0.4 is 10.6 Å². The minimum absolute atomic E-state index is 0.514. The van der Waals surface area contributed by atoms with Crippen LogP contribution in [0.25, 0.3) is 0 Å². The van der Waals surface area contributed by atoms with Crippen molar-refractivity contribution in [2.24, 2.45) is 5.92 Å². The predicted molar refractivity (Wildman–Crippen MR) is 70.1 cm³/mol. The van der Waals surface area contributed by atoms with E-state index in [1.54, 1.807) is 0 Å². The molecule has 0 spiro atoms. The number of nitrogens with one attached hydrogen (secondary N) is 2. The first-order chi connectivity index (χ1) is 7.75. The molecule has 0 aliphatic carbocycles. The molecule has 1 atom stereocenters. The first kappa shape index (κ1) is 11.7. The van der Waals surface area contributed by atoms with Crippen molar-refractivity contribution < 1.29 is 0 Å². The smallest absolute Gasteiger partial charge is 0.0426 e. The largest absolute Gasteiger partial charge is 0.382 e. The van der Waals surface area contributed by atoms with E-state index in [1.165, 1.54) is 12.8 Å². The van der Waals surface area contributed by atoms with E-state index in [4.69, 9.17) is 11.6 Å². The Morgan fingerprint density at radius 3 is 2.81 bits per heavy atom. The lowest BCUT2D eigenvalue weighted by Crippen LogP contribution is -2.36. The maximum absolute atomic E-state index is 5.96. The number of hydrogen-bond acceptors (Lipinski definition) is 2. The van der Waals surface area contributed by atoms with Crippen molar-refractivity contribution in [1.29, 1.82) is 0 Å². The normalized spacial score (nSPS) is 19.4. The average molecular weight is 239 g/mol. The highest BCUT2D eigenvalue weighted by Crippen LogP contribution is 2.21. The van der Waals surface area contributed by atoms with Crippen molar-refractivity contribution in [1.82, 2.24) is 5.32 Å². The van der Waals surface area contributed by atoms with Crippen molar-refractivity contribution >= 4 is 17.3 Å². The van der Waals surface area contributed by atoms with Gasteiger partial charge in [0.05, 0.1) is 0 Å². The molecular weight excluding hydrogens is 220 g/mol. The van der Waals surface area contributed by atoms with Crippen molar-refractivity contribution in [3.8, 4) is 0 Å². The molecule has 1 heterocycles. The molecule has 2 N–H and O–H groups in total. The second kappa shape index (κ2) is 5.55. The maximum Gasteiger partial charge on any atom is 0.0426 e. The molecule has 2 rings (SSSR count). The van der Waals surface area contributed by atoms with E-state index in [0.717, 1.165) is 29.7 Å². The molecule has 1 unspecified atom stereocenters. The standard InChI is InChI=1S/C13H19ClN2/c1-10(11-5-7-15-8-6-11)16-13-4-2-3-12(14)9-13/h2-4,9-11,15-16H,5-8H2,1H3. The minimum Gasteiger partial charge on any atom is -0.382 e. The third-order valence-corrected chi connectivity index (χ3v) is 3.54. The number of hydrogen-bond donors (Lipinski definition) is 2. The van der Waals surface area contributed by atoms with Crippen LogP contribution in [0, 0.1) is 5.92 Å². The molecule has 2 nitrogen and oxygen atoms in total. The number of halogens is 1. The second-order valence-corrected chi connectivity index (χ2v) is 4.97. The maximum atomic E-state index is 5.96. The number of piperidine rings is 1. The lowest BCUT2D eigenvalue weighted by atomic mass is 9.91. The van der Waals surface area contributed by atoms with E-state index in [1.807, 2.05) is 18.2 Å². The van der Waals surface area contributed by atoms with E-state index in [9.17, 15) is 0 Å². The van der Waals surface area contributed by atoms with Crippen molar-refractivity contribution in [2.75, 3.05) is 18.4 Å². The zero-order chi connectivity index (χ0) is 11.4. The fourth-order valence-electron chi connectivity index (χ4n) is 2.30. The van der Waals surface area contributed by atoms with Gasteiger partial charge in [0, 0.05) is 16.8 Å². The molecule has 1 aromatic carbocycles. The molecule has 0 saturated carbocycles. The van der Waals surface area contributed by atoms with E-state index in [0.29, 0.717) is 6.04 Å². The summed E-state index contributed by atoms with van der Waals surface area (Å²) in [6.45, 7) is 4.55. The van der Waals surface area contributed by atoms with Gasteiger partial charge in [0.1, 0.15) is 0 Å². The Hall–Kier alpha value is -0.730. The van der Waals surface area contributed by atoms with Crippen LogP contribution in [-0.4, -0.2) is 19.1 Å². The van der Waals surface area contributed by atoms with Crippen molar-refractivity contribution in [3.05, 3.63) is 29.3 Å². The Balaban J connectivity index is 1.93. The monoisotopic (exact) mass is 238 g/mol. The Bertz CT molecular complexity index is 334. The molecule has 1 aliphatic heterocycles. The van der Waals surface area contributed by atoms with Gasteiger partial charge < -0.3 is 10.6 Å². The quantitative estimate of drug-likeness (QED) is 0.846. The third-order valence-electron chi connectivity index (χ3n) is 3.31. The van der Waals surface area contributed by atoms with Crippen LogP contribution in [0.15, 0.2) is 24.3 Å². The van der Waals surface area contributed by atoms with Crippen LogP contribution in [-0.2, 0) is 0 Å². The van der Waals surface area contributed by atoms with Gasteiger partial charge in [-0.15, -0.1) is 0 Å². The fraction of sp³-hybridized carbons (Fsp3) is 0.538. The summed E-state index contributed by atoms with van der Waals surface area (Å²) in [7, 11) is 0. The van der Waals surface area contributed by atoms with Crippen LogP contribution >= 0.6 is 11.6 Å². The molecule has 1 fully saturated rings. The van der Waals surface area contributed by atoms with Crippen molar-refractivity contribution in [3.63, 3.8) is 0 Å². The van der Waals surface area contributed by atoms with Crippen molar-refractivity contribution in [2.45, 2.75) is 25.8 Å². The van der Waals surface area contributed by atoms with Gasteiger partial charge in [-0.05, 0) is 57.0 Å². The fourth-order valence-corrected chi connectivity index (χ4v) is 2.49. The van der Waals surface area contributed by atoms with Gasteiger partial charge in [-0.1, -0.05) is 17.7 Å². The van der Waals surface area contributed by atoms with Crippen LogP contribution in [0.1, 0.15) is 19.8 Å². The van der Waals surface area contributed by atoms with Crippen LogP contribution in [0.5, 0.6) is 0 Å². The van der Waals surface area contributed by atoms with Crippen LogP contribution in [0.2, 0.25) is 5.02 Å². The predicted octanol–water partition coefficient (Wildman–Crippen LogP) is 3.14. The van der Waals surface area contributed by atoms with Gasteiger partial charge >= 0.3 is 0 Å². The highest BCUT2D eigenvalue weighted by molar-refractivity contribution is 6.30. The topological polar surface area (TPSA) is 24.1 Å². The van der Waals surface area contributed by atoms with E-state index in [2.05, 4.69) is 23.6 Å². The average Bonchev–Trinajstić information content (AvgIpc) is 2.30. The summed E-state index contributed by atoms with van der Waals surface area (Å²) >= 11 is 5.96. The molecule has 1 aromatic rings. The molecule has 0 bridgehead atoms. The number of benzene rings is 1. The van der Waals surface area contributed by atoms with Gasteiger partial charge in [-0.3, -0.25) is 0 Å². The summed E-state index contributed by atoms with van der Waals surface area (Å²) in [5, 5.41) is 7.73. The Morgan fingerprint density at radius 2 is 2.12 bits per heavy atom. The van der Waals surface area contributed by atoms with Gasteiger partial charge in [0.2, 0.25) is 0 Å². The lowest BCUT2D eigenvalue weighted by Gasteiger charge is -2.29. The minimum atomic E-state index is 0.514. The molecule has 3 heteroatoms. The zero-order valence-corrected chi connectivity index (χ0v) is 10.4. The Kier molecular flexibility index (Phi) is 4.08. The van der Waals surface area contributed by atoms with Gasteiger partial charge in [0.15, 0.2) is 0 Å². The van der Waals surface area contributed by atoms with Crippen LogP contribution in [0.4, 0.5) is 5.69 Å².